The van der Waals surface area contributed by atoms with Crippen LogP contribution in [0.5, 0.6) is 0 Å². The van der Waals surface area contributed by atoms with Crippen molar-refractivity contribution in [1.82, 2.24) is 4.98 Å². The van der Waals surface area contributed by atoms with E-state index < -0.39 is 26.5 Å². The minimum Gasteiger partial charge on any atom is -0.481 e. The second-order valence-electron chi connectivity index (χ2n) is 9.31. The number of halogens is 1. The van der Waals surface area contributed by atoms with E-state index in [1.807, 2.05) is 26.0 Å². The molecule has 0 fully saturated rings. The molecule has 8 heteroatoms. The van der Waals surface area contributed by atoms with Crippen molar-refractivity contribution < 1.29 is 28.5 Å². The van der Waals surface area contributed by atoms with Gasteiger partial charge < -0.3 is 14.7 Å². The maximum absolute atomic E-state index is 13.8. The van der Waals surface area contributed by atoms with Gasteiger partial charge in [-0.2, -0.15) is 0 Å². The van der Waals surface area contributed by atoms with Gasteiger partial charge in [-0.3, -0.25) is 14.3 Å². The molecular formula is C29H29FNO5P. The zero-order valence-electron chi connectivity index (χ0n) is 20.8. The third-order valence-electron chi connectivity index (χ3n) is 6.25. The number of benzene rings is 2. The highest BCUT2D eigenvalue weighted by Gasteiger charge is 2.26. The number of aliphatic hydroxyl groups excluding tert-OH is 1. The first kappa shape index (κ1) is 26.8. The van der Waals surface area contributed by atoms with Crippen molar-refractivity contribution in [1.29, 1.82) is 0 Å². The van der Waals surface area contributed by atoms with Gasteiger partial charge in [0, 0.05) is 17.3 Å². The number of aryl methyl sites for hydroxylation is 1. The summed E-state index contributed by atoms with van der Waals surface area (Å²) in [6, 6.07) is 14.6. The Labute approximate surface area is 216 Å². The van der Waals surface area contributed by atoms with Crippen LogP contribution in [0.25, 0.3) is 22.4 Å². The number of hydrogen-bond donors (Lipinski definition) is 2. The number of pyridine rings is 1. The Morgan fingerprint density at radius 3 is 2.59 bits per heavy atom. The van der Waals surface area contributed by atoms with Crippen molar-refractivity contribution in [3.05, 3.63) is 76.7 Å². The van der Waals surface area contributed by atoms with E-state index in [4.69, 9.17) is 14.6 Å². The van der Waals surface area contributed by atoms with Crippen LogP contribution < -0.4 is 0 Å². The number of aromatic nitrogens is 1. The summed E-state index contributed by atoms with van der Waals surface area (Å²) in [6.07, 6.45) is -0.339. The van der Waals surface area contributed by atoms with Crippen LogP contribution in [0.2, 0.25) is 0 Å². The number of rotatable bonds is 8. The molecule has 1 heterocycles. The van der Waals surface area contributed by atoms with Crippen LogP contribution in [-0.2, 0) is 26.7 Å². The van der Waals surface area contributed by atoms with Crippen LogP contribution in [-0.4, -0.2) is 40.0 Å². The van der Waals surface area contributed by atoms with Crippen molar-refractivity contribution >= 4 is 14.0 Å². The minimum atomic E-state index is -2.65. The molecular weight excluding hydrogens is 492 g/mol. The van der Waals surface area contributed by atoms with Crippen molar-refractivity contribution in [2.24, 2.45) is 0 Å². The number of hydrogen-bond acceptors (Lipinski definition) is 5. The van der Waals surface area contributed by atoms with Gasteiger partial charge in [0.2, 0.25) is 0 Å². The van der Waals surface area contributed by atoms with Crippen LogP contribution in [0.15, 0.2) is 48.5 Å². The van der Waals surface area contributed by atoms with E-state index in [0.29, 0.717) is 0 Å². The molecule has 1 unspecified atom stereocenters. The smallest absolute Gasteiger partial charge is 0.305 e. The Bertz CT molecular complexity index is 1390. The lowest BCUT2D eigenvalue weighted by molar-refractivity contribution is -0.138. The van der Waals surface area contributed by atoms with Crippen molar-refractivity contribution in [2.45, 2.75) is 45.1 Å². The number of aliphatic hydroxyl groups is 1. The fraction of sp³-hybridized carbons (Fsp3) is 0.310. The molecule has 37 heavy (non-hydrogen) atoms. The Morgan fingerprint density at radius 1 is 1.16 bits per heavy atom. The molecule has 6 nitrogen and oxygen atoms in total. The molecule has 0 saturated heterocycles. The van der Waals surface area contributed by atoms with E-state index in [-0.39, 0.29) is 24.5 Å². The first-order valence-corrected chi connectivity index (χ1v) is 13.7. The topological polar surface area (TPSA) is 96.7 Å². The van der Waals surface area contributed by atoms with E-state index in [1.54, 1.807) is 12.1 Å². The lowest BCUT2D eigenvalue weighted by atomic mass is 9.81. The first-order chi connectivity index (χ1) is 17.7. The van der Waals surface area contributed by atoms with Gasteiger partial charge in [-0.05, 0) is 47.6 Å². The molecule has 3 aromatic rings. The maximum Gasteiger partial charge on any atom is 0.305 e. The Kier molecular flexibility index (Phi) is 8.56. The van der Waals surface area contributed by atoms with Crippen LogP contribution in [0.3, 0.4) is 0 Å². The van der Waals surface area contributed by atoms with Gasteiger partial charge >= 0.3 is 5.97 Å². The van der Waals surface area contributed by atoms with E-state index >= 15 is 0 Å². The molecule has 0 radical (unpaired) electrons. The number of fused-ring (bicyclic) bond motifs is 3. The molecule has 2 atom stereocenters. The summed E-state index contributed by atoms with van der Waals surface area (Å²) in [4.78, 5) is 15.8. The molecule has 0 aliphatic heterocycles. The average molecular weight is 522 g/mol. The lowest BCUT2D eigenvalue weighted by Crippen LogP contribution is -2.15. The molecule has 0 amide bonds. The summed E-state index contributed by atoms with van der Waals surface area (Å²) in [6.45, 7) is 3.95. The zero-order valence-corrected chi connectivity index (χ0v) is 21.8. The van der Waals surface area contributed by atoms with Crippen LogP contribution >= 0.6 is 8.03 Å². The van der Waals surface area contributed by atoms with Gasteiger partial charge in [0.05, 0.1) is 29.5 Å². The van der Waals surface area contributed by atoms with Crippen molar-refractivity contribution in [3.63, 3.8) is 0 Å². The molecule has 1 aliphatic rings. The third kappa shape index (κ3) is 6.34. The molecule has 2 N–H and O–H groups in total. The van der Waals surface area contributed by atoms with Crippen LogP contribution in [0.1, 0.15) is 48.6 Å². The van der Waals surface area contributed by atoms with Crippen LogP contribution in [0, 0.1) is 17.7 Å². The van der Waals surface area contributed by atoms with Gasteiger partial charge in [-0.15, -0.1) is 0 Å². The van der Waals surface area contributed by atoms with E-state index in [0.717, 1.165) is 52.0 Å². The lowest BCUT2D eigenvalue weighted by Gasteiger charge is -2.25. The first-order valence-electron chi connectivity index (χ1n) is 12.2. The van der Waals surface area contributed by atoms with E-state index in [2.05, 4.69) is 24.0 Å². The average Bonchev–Trinajstić information content (AvgIpc) is 2.85. The second-order valence-corrected chi connectivity index (χ2v) is 10.8. The predicted molar refractivity (Wildman–Crippen MR) is 142 cm³/mol. The summed E-state index contributed by atoms with van der Waals surface area (Å²) >= 11 is 0. The third-order valence-corrected chi connectivity index (χ3v) is 7.52. The molecule has 0 bridgehead atoms. The molecule has 192 valence electrons. The fourth-order valence-electron chi connectivity index (χ4n) is 4.58. The normalized spacial score (nSPS) is 13.8. The summed E-state index contributed by atoms with van der Waals surface area (Å²) in [7, 11) is -2.65. The number of nitrogens with zero attached hydrogens (tertiary/aromatic N) is 1. The van der Waals surface area contributed by atoms with Crippen molar-refractivity contribution in [3.8, 4) is 34.2 Å². The molecule has 0 spiro atoms. The number of carboxylic acids is 1. The largest absolute Gasteiger partial charge is 0.481 e. The fourth-order valence-corrected chi connectivity index (χ4v) is 5.46. The highest BCUT2D eigenvalue weighted by atomic mass is 31.1. The van der Waals surface area contributed by atoms with Gasteiger partial charge in [0.25, 0.3) is 0 Å². The summed E-state index contributed by atoms with van der Waals surface area (Å²) in [5.41, 5.74) is 7.62. The predicted octanol–water partition coefficient (Wildman–Crippen LogP) is 5.46. The van der Waals surface area contributed by atoms with E-state index in [1.165, 1.54) is 17.7 Å². The second kappa shape index (κ2) is 11.8. The van der Waals surface area contributed by atoms with E-state index in [9.17, 15) is 18.9 Å². The molecule has 1 aromatic heterocycles. The molecule has 4 rings (SSSR count). The standard InChI is InChI=1S/C29H29FNO5P/c1-18(2)28-24(8-5-15-36-37(35)17-22(32)16-26(33)34)27(20-9-12-21(30)13-10-20)25-14-11-19-6-3-4-7-23(19)29(25)31-28/h3-4,6-7,9-10,12-13,18,22,32,37H,11,14-17H2,1-2H3,(H,33,34)/t22-/m0/s1. The highest BCUT2D eigenvalue weighted by Crippen LogP contribution is 2.41. The number of carbonyl (C=O) groups is 1. The summed E-state index contributed by atoms with van der Waals surface area (Å²) < 4.78 is 31.2. The Balaban J connectivity index is 1.74. The maximum atomic E-state index is 13.8. The minimum absolute atomic E-state index is 0.0501. The summed E-state index contributed by atoms with van der Waals surface area (Å²) in [5, 5.41) is 18.4. The monoisotopic (exact) mass is 521 g/mol. The number of aliphatic carboxylic acids is 1. The molecule has 1 aliphatic carbocycles. The number of carboxylic acid groups (broad SMARTS) is 1. The quantitative estimate of drug-likeness (QED) is 0.302. The summed E-state index contributed by atoms with van der Waals surface area (Å²) in [5.74, 6) is 4.67. The van der Waals surface area contributed by atoms with Gasteiger partial charge in [0.1, 0.15) is 12.4 Å². The SMILES string of the molecule is CC(C)c1nc2c(c(-c3ccc(F)cc3)c1C#CCO[PH](=O)C[C@@H](O)CC(=O)O)CCc1ccccc1-2. The van der Waals surface area contributed by atoms with Gasteiger partial charge in [-0.1, -0.05) is 62.1 Å². The Hall–Kier alpha value is -3.30. The van der Waals surface area contributed by atoms with Crippen LogP contribution in [0.4, 0.5) is 4.39 Å². The Morgan fingerprint density at radius 2 is 1.89 bits per heavy atom. The zero-order chi connectivity index (χ0) is 26.5. The van der Waals surface area contributed by atoms with Gasteiger partial charge in [0.15, 0.2) is 8.03 Å². The van der Waals surface area contributed by atoms with Gasteiger partial charge in [-0.25, -0.2) is 4.39 Å². The highest BCUT2D eigenvalue weighted by molar-refractivity contribution is 7.39. The molecule has 0 saturated carbocycles. The van der Waals surface area contributed by atoms with Crippen molar-refractivity contribution in [2.75, 3.05) is 12.8 Å². The molecule has 2 aromatic carbocycles.